The molecule has 6 heteroatoms. The zero-order valence-electron chi connectivity index (χ0n) is 12.2. The molecule has 2 aromatic rings. The maximum absolute atomic E-state index is 11.9. The second-order valence-electron chi connectivity index (χ2n) is 5.47. The molecule has 0 spiro atoms. The Morgan fingerprint density at radius 3 is 3.10 bits per heavy atom. The first-order chi connectivity index (χ1) is 10.2. The first-order valence-electron chi connectivity index (χ1n) is 7.45. The molecule has 21 heavy (non-hydrogen) atoms. The molecule has 0 unspecified atom stereocenters. The van der Waals surface area contributed by atoms with Crippen LogP contribution in [0.15, 0.2) is 5.38 Å². The van der Waals surface area contributed by atoms with Crippen LogP contribution >= 0.6 is 11.3 Å². The van der Waals surface area contributed by atoms with Crippen LogP contribution in [0.1, 0.15) is 40.5 Å². The zero-order chi connectivity index (χ0) is 14.7. The quantitative estimate of drug-likeness (QED) is 0.887. The van der Waals surface area contributed by atoms with Gasteiger partial charge in [-0.3, -0.25) is 9.89 Å². The van der Waals surface area contributed by atoms with E-state index in [-0.39, 0.29) is 5.91 Å². The molecule has 1 amide bonds. The number of carbonyl (C=O) groups is 1. The molecule has 0 fully saturated rings. The summed E-state index contributed by atoms with van der Waals surface area (Å²) in [5.74, 6) is 0.0321. The molecule has 0 saturated heterocycles. The molecule has 0 saturated carbocycles. The molecular formula is C15H20N4OS. The number of H-pyrrole nitrogens is 1. The highest BCUT2D eigenvalue weighted by molar-refractivity contribution is 7.09. The van der Waals surface area contributed by atoms with Crippen molar-refractivity contribution in [3.05, 3.63) is 33.0 Å². The third kappa shape index (κ3) is 3.50. The fourth-order valence-electron chi connectivity index (χ4n) is 2.79. The Hall–Kier alpha value is -1.69. The average Bonchev–Trinajstić information content (AvgIpc) is 3.06. The van der Waals surface area contributed by atoms with Crippen molar-refractivity contribution in [3.8, 4) is 0 Å². The van der Waals surface area contributed by atoms with Gasteiger partial charge in [0.25, 0.3) is 0 Å². The van der Waals surface area contributed by atoms with Crippen LogP contribution in [-0.2, 0) is 30.5 Å². The van der Waals surface area contributed by atoms with E-state index in [1.807, 2.05) is 12.3 Å². The topological polar surface area (TPSA) is 70.7 Å². The van der Waals surface area contributed by atoms with Gasteiger partial charge in [0.2, 0.25) is 5.91 Å². The second kappa shape index (κ2) is 6.39. The summed E-state index contributed by atoms with van der Waals surface area (Å²) in [6.45, 7) is 2.59. The van der Waals surface area contributed by atoms with E-state index in [9.17, 15) is 4.79 Å². The fourth-order valence-corrected chi connectivity index (χ4v) is 3.41. The van der Waals surface area contributed by atoms with Gasteiger partial charge >= 0.3 is 0 Å². The molecule has 0 bridgehead atoms. The van der Waals surface area contributed by atoms with Crippen molar-refractivity contribution in [1.82, 2.24) is 20.5 Å². The molecule has 1 aliphatic carbocycles. The molecule has 0 aliphatic heterocycles. The summed E-state index contributed by atoms with van der Waals surface area (Å²) in [6.07, 6.45) is 5.88. The smallest absolute Gasteiger partial charge is 0.226 e. The Morgan fingerprint density at radius 1 is 1.43 bits per heavy atom. The van der Waals surface area contributed by atoms with Gasteiger partial charge in [0.05, 0.1) is 22.8 Å². The molecule has 0 radical (unpaired) electrons. The summed E-state index contributed by atoms with van der Waals surface area (Å²) in [4.78, 5) is 16.2. The molecule has 1 aliphatic rings. The minimum Gasteiger partial charge on any atom is -0.355 e. The lowest BCUT2D eigenvalue weighted by Gasteiger charge is -2.11. The molecule has 3 rings (SSSR count). The minimum atomic E-state index is 0.0321. The minimum absolute atomic E-state index is 0.0321. The Morgan fingerprint density at radius 2 is 2.29 bits per heavy atom. The summed E-state index contributed by atoms with van der Waals surface area (Å²) in [5, 5.41) is 13.4. The van der Waals surface area contributed by atoms with Gasteiger partial charge in [0.1, 0.15) is 0 Å². The number of amides is 1. The van der Waals surface area contributed by atoms with E-state index in [1.54, 1.807) is 11.3 Å². The summed E-state index contributed by atoms with van der Waals surface area (Å²) < 4.78 is 0. The highest BCUT2D eigenvalue weighted by Crippen LogP contribution is 2.22. The molecule has 2 aromatic heterocycles. The molecule has 0 aromatic carbocycles. The summed E-state index contributed by atoms with van der Waals surface area (Å²) in [7, 11) is 0. The molecule has 2 N–H and O–H groups in total. The van der Waals surface area contributed by atoms with Crippen molar-refractivity contribution in [3.63, 3.8) is 0 Å². The lowest BCUT2D eigenvalue weighted by atomic mass is 9.95. The third-order valence-electron chi connectivity index (χ3n) is 3.83. The maximum atomic E-state index is 11.9. The summed E-state index contributed by atoms with van der Waals surface area (Å²) >= 11 is 1.58. The molecule has 2 heterocycles. The van der Waals surface area contributed by atoms with Crippen molar-refractivity contribution < 1.29 is 4.79 Å². The number of hydrogen-bond donors (Lipinski definition) is 2. The van der Waals surface area contributed by atoms with Gasteiger partial charge in [-0.25, -0.2) is 4.98 Å². The molecule has 112 valence electrons. The van der Waals surface area contributed by atoms with Crippen LogP contribution in [0.4, 0.5) is 0 Å². The maximum Gasteiger partial charge on any atom is 0.226 e. The van der Waals surface area contributed by atoms with Gasteiger partial charge < -0.3 is 5.32 Å². The van der Waals surface area contributed by atoms with Crippen LogP contribution in [0, 0.1) is 6.92 Å². The monoisotopic (exact) mass is 304 g/mol. The van der Waals surface area contributed by atoms with Crippen LogP contribution in [0.2, 0.25) is 0 Å². The Kier molecular flexibility index (Phi) is 4.34. The SMILES string of the molecule is Cc1nc(CC(=O)NCCc2n[nH]c3c2CCCC3)cs1. The highest BCUT2D eigenvalue weighted by atomic mass is 32.1. The van der Waals surface area contributed by atoms with Crippen molar-refractivity contribution in [2.24, 2.45) is 0 Å². The van der Waals surface area contributed by atoms with E-state index in [4.69, 9.17) is 0 Å². The van der Waals surface area contributed by atoms with Gasteiger partial charge in [-0.15, -0.1) is 11.3 Å². The number of thiazole rings is 1. The Bertz CT molecular complexity index is 631. The Labute approximate surface area is 128 Å². The van der Waals surface area contributed by atoms with Gasteiger partial charge in [-0.1, -0.05) is 0 Å². The van der Waals surface area contributed by atoms with Crippen molar-refractivity contribution >= 4 is 17.2 Å². The Balaban J connectivity index is 1.47. The van der Waals surface area contributed by atoms with E-state index in [2.05, 4.69) is 20.5 Å². The number of fused-ring (bicyclic) bond motifs is 1. The average molecular weight is 304 g/mol. The summed E-state index contributed by atoms with van der Waals surface area (Å²) in [6, 6.07) is 0. The molecule has 5 nitrogen and oxygen atoms in total. The van der Waals surface area contributed by atoms with Crippen molar-refractivity contribution in [1.29, 1.82) is 0 Å². The van der Waals surface area contributed by atoms with Gasteiger partial charge in [-0.2, -0.15) is 5.10 Å². The van der Waals surface area contributed by atoms with Gasteiger partial charge in [0, 0.05) is 24.0 Å². The number of carbonyl (C=O) groups excluding carboxylic acids is 1. The predicted molar refractivity (Wildman–Crippen MR) is 82.5 cm³/mol. The number of nitrogens with one attached hydrogen (secondary N) is 2. The lowest BCUT2D eigenvalue weighted by Crippen LogP contribution is -2.27. The van der Waals surface area contributed by atoms with Crippen LogP contribution in [0.3, 0.4) is 0 Å². The van der Waals surface area contributed by atoms with E-state index in [0.717, 1.165) is 35.7 Å². The second-order valence-corrected chi connectivity index (χ2v) is 6.53. The van der Waals surface area contributed by atoms with Crippen LogP contribution in [0.5, 0.6) is 0 Å². The number of nitrogens with zero attached hydrogens (tertiary/aromatic N) is 2. The number of aromatic nitrogens is 3. The van der Waals surface area contributed by atoms with Gasteiger partial charge in [-0.05, 0) is 38.2 Å². The van der Waals surface area contributed by atoms with Crippen molar-refractivity contribution in [2.45, 2.75) is 45.4 Å². The van der Waals surface area contributed by atoms with E-state index >= 15 is 0 Å². The van der Waals surface area contributed by atoms with Crippen LogP contribution in [-0.4, -0.2) is 27.6 Å². The largest absolute Gasteiger partial charge is 0.355 e. The van der Waals surface area contributed by atoms with E-state index in [0.29, 0.717) is 13.0 Å². The van der Waals surface area contributed by atoms with Crippen LogP contribution in [0.25, 0.3) is 0 Å². The van der Waals surface area contributed by atoms with Gasteiger partial charge in [0.15, 0.2) is 0 Å². The number of rotatable bonds is 5. The first-order valence-corrected chi connectivity index (χ1v) is 8.33. The highest BCUT2D eigenvalue weighted by Gasteiger charge is 2.16. The number of aryl methyl sites for hydroxylation is 2. The van der Waals surface area contributed by atoms with E-state index in [1.165, 1.54) is 24.1 Å². The van der Waals surface area contributed by atoms with Crippen molar-refractivity contribution in [2.75, 3.05) is 6.54 Å². The predicted octanol–water partition coefficient (Wildman–Crippen LogP) is 1.95. The van der Waals surface area contributed by atoms with Crippen LogP contribution < -0.4 is 5.32 Å². The fraction of sp³-hybridized carbons (Fsp3) is 0.533. The summed E-state index contributed by atoms with van der Waals surface area (Å²) in [5.41, 5.74) is 4.65. The molecule has 0 atom stereocenters. The first kappa shape index (κ1) is 14.3. The normalized spacial score (nSPS) is 14.0. The number of aromatic amines is 1. The zero-order valence-corrected chi connectivity index (χ0v) is 13.1. The van der Waals surface area contributed by atoms with E-state index < -0.39 is 0 Å². The lowest BCUT2D eigenvalue weighted by molar-refractivity contribution is -0.120. The standard InChI is InChI=1S/C15H20N4OS/c1-10-17-11(9-21-10)8-15(20)16-7-6-14-12-4-2-3-5-13(12)18-19-14/h9H,2-8H2,1H3,(H,16,20)(H,18,19). The molecular weight excluding hydrogens is 284 g/mol. The number of hydrogen-bond acceptors (Lipinski definition) is 4. The third-order valence-corrected chi connectivity index (χ3v) is 4.66.